The van der Waals surface area contributed by atoms with Crippen molar-refractivity contribution in [3.05, 3.63) is 52.8 Å². The maximum atomic E-state index is 6.14. The van der Waals surface area contributed by atoms with Crippen LogP contribution in [0.4, 0.5) is 0 Å². The van der Waals surface area contributed by atoms with Crippen LogP contribution in [0.1, 0.15) is 23.7 Å². The molecule has 3 nitrogen and oxygen atoms in total. The predicted molar refractivity (Wildman–Crippen MR) is 69.9 cm³/mol. The summed E-state index contributed by atoms with van der Waals surface area (Å²) in [6, 6.07) is 10.2. The third-order valence-electron chi connectivity index (χ3n) is 2.88. The summed E-state index contributed by atoms with van der Waals surface area (Å²) in [5.41, 5.74) is 8.34. The van der Waals surface area contributed by atoms with Crippen molar-refractivity contribution >= 4 is 11.6 Å². The molecule has 1 aromatic carbocycles. The molecule has 0 amide bonds. The van der Waals surface area contributed by atoms with E-state index in [4.69, 9.17) is 17.3 Å². The van der Waals surface area contributed by atoms with Gasteiger partial charge in [0.1, 0.15) is 0 Å². The topological polar surface area (TPSA) is 43.8 Å². The van der Waals surface area contributed by atoms with Gasteiger partial charge in [-0.2, -0.15) is 5.10 Å². The van der Waals surface area contributed by atoms with Crippen LogP contribution >= 0.6 is 11.6 Å². The van der Waals surface area contributed by atoms with Crippen molar-refractivity contribution < 1.29 is 0 Å². The summed E-state index contributed by atoms with van der Waals surface area (Å²) in [4.78, 5) is 0. The number of rotatable bonds is 4. The molecule has 1 atom stereocenters. The molecule has 0 saturated heterocycles. The maximum Gasteiger partial charge on any atom is 0.0833 e. The van der Waals surface area contributed by atoms with E-state index in [1.54, 1.807) is 10.9 Å². The molecule has 0 aliphatic heterocycles. The Kier molecular flexibility index (Phi) is 3.82. The van der Waals surface area contributed by atoms with E-state index in [0.717, 1.165) is 18.5 Å². The van der Waals surface area contributed by atoms with Crippen LogP contribution in [-0.2, 0) is 13.5 Å². The number of nitrogens with zero attached hydrogens (tertiary/aromatic N) is 2. The molecule has 90 valence electrons. The molecule has 0 bridgehead atoms. The first-order valence-electron chi connectivity index (χ1n) is 5.65. The van der Waals surface area contributed by atoms with Crippen molar-refractivity contribution in [1.82, 2.24) is 9.78 Å². The van der Waals surface area contributed by atoms with Gasteiger partial charge in [-0.1, -0.05) is 41.9 Å². The van der Waals surface area contributed by atoms with Gasteiger partial charge in [-0.15, -0.1) is 0 Å². The van der Waals surface area contributed by atoms with Crippen LogP contribution in [0.5, 0.6) is 0 Å². The monoisotopic (exact) mass is 249 g/mol. The highest BCUT2D eigenvalue weighted by molar-refractivity contribution is 6.31. The molecule has 0 saturated carbocycles. The van der Waals surface area contributed by atoms with Crippen LogP contribution in [0.2, 0.25) is 5.02 Å². The lowest BCUT2D eigenvalue weighted by Crippen LogP contribution is -2.16. The number of aromatic nitrogens is 2. The quantitative estimate of drug-likeness (QED) is 0.906. The van der Waals surface area contributed by atoms with E-state index in [9.17, 15) is 0 Å². The summed E-state index contributed by atoms with van der Waals surface area (Å²) in [6.07, 6.45) is 3.45. The third-order valence-corrected chi connectivity index (χ3v) is 3.17. The van der Waals surface area contributed by atoms with Crippen molar-refractivity contribution in [2.75, 3.05) is 0 Å². The second kappa shape index (κ2) is 5.34. The molecular formula is C13H16ClN3. The fraction of sp³-hybridized carbons (Fsp3) is 0.308. The molecule has 1 aromatic heterocycles. The Labute approximate surface area is 106 Å². The van der Waals surface area contributed by atoms with Crippen LogP contribution in [-0.4, -0.2) is 9.78 Å². The Morgan fingerprint density at radius 3 is 2.65 bits per heavy atom. The molecule has 17 heavy (non-hydrogen) atoms. The first kappa shape index (κ1) is 12.1. The van der Waals surface area contributed by atoms with Gasteiger partial charge < -0.3 is 5.73 Å². The van der Waals surface area contributed by atoms with E-state index in [1.807, 2.05) is 25.2 Å². The fourth-order valence-electron chi connectivity index (χ4n) is 1.94. The number of hydrogen-bond donors (Lipinski definition) is 1. The van der Waals surface area contributed by atoms with Crippen molar-refractivity contribution in [3.63, 3.8) is 0 Å². The van der Waals surface area contributed by atoms with E-state index in [2.05, 4.69) is 17.2 Å². The minimum absolute atomic E-state index is 0.0739. The van der Waals surface area contributed by atoms with Gasteiger partial charge >= 0.3 is 0 Å². The van der Waals surface area contributed by atoms with Gasteiger partial charge in [0, 0.05) is 13.1 Å². The minimum Gasteiger partial charge on any atom is -0.323 e. The molecule has 0 spiro atoms. The molecular weight excluding hydrogens is 234 g/mol. The lowest BCUT2D eigenvalue weighted by atomic mass is 10.0. The average Bonchev–Trinajstić information content (AvgIpc) is 2.67. The normalized spacial score (nSPS) is 12.6. The zero-order valence-corrected chi connectivity index (χ0v) is 10.6. The molecule has 1 heterocycles. The summed E-state index contributed by atoms with van der Waals surface area (Å²) >= 11 is 6.06. The van der Waals surface area contributed by atoms with Gasteiger partial charge in [-0.05, 0) is 18.4 Å². The molecule has 4 heteroatoms. The van der Waals surface area contributed by atoms with Crippen molar-refractivity contribution in [2.24, 2.45) is 12.8 Å². The van der Waals surface area contributed by atoms with E-state index in [0.29, 0.717) is 5.02 Å². The van der Waals surface area contributed by atoms with E-state index < -0.39 is 0 Å². The van der Waals surface area contributed by atoms with Crippen molar-refractivity contribution in [3.8, 4) is 0 Å². The van der Waals surface area contributed by atoms with Gasteiger partial charge in [0.2, 0.25) is 0 Å². The smallest absolute Gasteiger partial charge is 0.0833 e. The van der Waals surface area contributed by atoms with Crippen LogP contribution < -0.4 is 5.73 Å². The lowest BCUT2D eigenvalue weighted by Gasteiger charge is -2.12. The summed E-state index contributed by atoms with van der Waals surface area (Å²) < 4.78 is 1.75. The zero-order valence-electron chi connectivity index (χ0n) is 9.81. The molecule has 0 radical (unpaired) electrons. The number of halogens is 1. The SMILES string of the molecule is Cn1ncc(Cl)c1C(N)CCc1ccccc1. The Balaban J connectivity index is 2.01. The first-order valence-corrected chi connectivity index (χ1v) is 6.03. The Morgan fingerprint density at radius 1 is 1.35 bits per heavy atom. The standard InChI is InChI=1S/C13H16ClN3/c1-17-13(11(14)9-16-17)12(15)8-7-10-5-3-2-4-6-10/h2-6,9,12H,7-8,15H2,1H3. The van der Waals surface area contributed by atoms with Crippen molar-refractivity contribution in [1.29, 1.82) is 0 Å². The Morgan fingerprint density at radius 2 is 2.06 bits per heavy atom. The van der Waals surface area contributed by atoms with E-state index in [-0.39, 0.29) is 6.04 Å². The van der Waals surface area contributed by atoms with Crippen LogP contribution in [0.25, 0.3) is 0 Å². The van der Waals surface area contributed by atoms with Gasteiger partial charge in [-0.3, -0.25) is 4.68 Å². The van der Waals surface area contributed by atoms with E-state index >= 15 is 0 Å². The van der Waals surface area contributed by atoms with E-state index in [1.165, 1.54) is 5.56 Å². The largest absolute Gasteiger partial charge is 0.323 e. The van der Waals surface area contributed by atoms with Gasteiger partial charge in [-0.25, -0.2) is 0 Å². The summed E-state index contributed by atoms with van der Waals surface area (Å²) in [7, 11) is 1.86. The molecule has 2 aromatic rings. The number of aryl methyl sites for hydroxylation is 2. The van der Waals surface area contributed by atoms with Crippen LogP contribution in [0.15, 0.2) is 36.5 Å². The summed E-state index contributed by atoms with van der Waals surface area (Å²) in [5, 5.41) is 4.74. The molecule has 0 aliphatic carbocycles. The number of nitrogens with two attached hydrogens (primary N) is 1. The molecule has 0 fully saturated rings. The third kappa shape index (κ3) is 2.87. The second-order valence-corrected chi connectivity index (χ2v) is 4.54. The summed E-state index contributed by atoms with van der Waals surface area (Å²) in [6.45, 7) is 0. The van der Waals surface area contributed by atoms with Gasteiger partial charge in [0.05, 0.1) is 16.9 Å². The summed E-state index contributed by atoms with van der Waals surface area (Å²) in [5.74, 6) is 0. The predicted octanol–water partition coefficient (Wildman–Crippen LogP) is 2.71. The highest BCUT2D eigenvalue weighted by Crippen LogP contribution is 2.23. The van der Waals surface area contributed by atoms with Crippen LogP contribution in [0, 0.1) is 0 Å². The molecule has 0 aliphatic rings. The Bertz CT molecular complexity index is 459. The highest BCUT2D eigenvalue weighted by atomic mass is 35.5. The maximum absolute atomic E-state index is 6.14. The second-order valence-electron chi connectivity index (χ2n) is 4.13. The van der Waals surface area contributed by atoms with Crippen molar-refractivity contribution in [2.45, 2.75) is 18.9 Å². The van der Waals surface area contributed by atoms with Gasteiger partial charge in [0.15, 0.2) is 0 Å². The number of benzene rings is 1. The Hall–Kier alpha value is -1.32. The van der Waals surface area contributed by atoms with Gasteiger partial charge in [0.25, 0.3) is 0 Å². The molecule has 2 N–H and O–H groups in total. The minimum atomic E-state index is -0.0739. The first-order chi connectivity index (χ1) is 8.18. The molecule has 2 rings (SSSR count). The van der Waals surface area contributed by atoms with Crippen LogP contribution in [0.3, 0.4) is 0 Å². The fourth-order valence-corrected chi connectivity index (χ4v) is 2.25. The highest BCUT2D eigenvalue weighted by Gasteiger charge is 2.14. The molecule has 1 unspecified atom stereocenters. The zero-order chi connectivity index (χ0) is 12.3. The average molecular weight is 250 g/mol. The lowest BCUT2D eigenvalue weighted by molar-refractivity contribution is 0.582. The number of hydrogen-bond acceptors (Lipinski definition) is 2.